The molecule has 1 atom stereocenters. The molecule has 0 fully saturated rings. The Morgan fingerprint density at radius 3 is 2.94 bits per heavy atom. The topological polar surface area (TPSA) is 71.7 Å². The number of nitrogens with one attached hydrogen (secondary N) is 2. The summed E-state index contributed by atoms with van der Waals surface area (Å²) in [7, 11) is 1.63. The number of ether oxygens (including phenoxy) is 1. The Hall–Kier alpha value is -1.30. The van der Waals surface area contributed by atoms with Crippen molar-refractivity contribution in [3.8, 4) is 0 Å². The van der Waals surface area contributed by atoms with Gasteiger partial charge in [0, 0.05) is 17.8 Å². The van der Waals surface area contributed by atoms with E-state index in [2.05, 4.69) is 15.7 Å². The lowest BCUT2D eigenvalue weighted by molar-refractivity contribution is 0.185. The minimum absolute atomic E-state index is 0.0118. The van der Waals surface area contributed by atoms with Gasteiger partial charge in [-0.25, -0.2) is 10.8 Å². The normalized spacial score (nSPS) is 13.3. The van der Waals surface area contributed by atoms with Gasteiger partial charge in [0.1, 0.15) is 0 Å². The molecule has 0 saturated carbocycles. The molecule has 1 unspecified atom stereocenters. The smallest absolute Gasteiger partial charge is 0.210 e. The predicted molar refractivity (Wildman–Crippen MR) is 71.2 cm³/mol. The van der Waals surface area contributed by atoms with Gasteiger partial charge in [-0.1, -0.05) is 17.7 Å². The minimum Gasteiger partial charge on any atom is -0.382 e. The maximum absolute atomic E-state index is 5.88. The highest BCUT2D eigenvalue weighted by Gasteiger charge is 2.02. The fourth-order valence-corrected chi connectivity index (χ4v) is 1.50. The van der Waals surface area contributed by atoms with E-state index in [9.17, 15) is 0 Å². The Morgan fingerprint density at radius 1 is 1.59 bits per heavy atom. The molecule has 0 aliphatic carbocycles. The summed E-state index contributed by atoms with van der Waals surface area (Å²) in [5.41, 5.74) is 3.32. The molecular formula is C11H17ClN4O. The molecule has 0 saturated heterocycles. The van der Waals surface area contributed by atoms with E-state index in [0.29, 0.717) is 17.6 Å². The number of hydrazine groups is 1. The summed E-state index contributed by atoms with van der Waals surface area (Å²) in [5, 5.41) is 3.68. The standard InChI is InChI=1S/C11H17ClN4O/c1-8(7-17-2)14-11(16-13)15-10-5-3-4-9(12)6-10/h3-6,8H,7,13H2,1-2H3,(H2,14,15,16). The van der Waals surface area contributed by atoms with Gasteiger partial charge in [0.25, 0.3) is 0 Å². The lowest BCUT2D eigenvalue weighted by Crippen LogP contribution is -2.37. The third-order valence-corrected chi connectivity index (χ3v) is 2.22. The molecule has 0 aliphatic heterocycles. The van der Waals surface area contributed by atoms with Crippen LogP contribution in [0.5, 0.6) is 0 Å². The Labute approximate surface area is 106 Å². The largest absolute Gasteiger partial charge is 0.382 e. The first-order chi connectivity index (χ1) is 8.15. The van der Waals surface area contributed by atoms with Gasteiger partial charge in [0.2, 0.25) is 5.96 Å². The van der Waals surface area contributed by atoms with Gasteiger partial charge in [-0.3, -0.25) is 5.43 Å². The maximum atomic E-state index is 5.88. The van der Waals surface area contributed by atoms with Crippen LogP contribution in [0.2, 0.25) is 5.02 Å². The van der Waals surface area contributed by atoms with Crippen LogP contribution in [0.15, 0.2) is 29.3 Å². The Bertz CT molecular complexity index is 383. The Kier molecular flexibility index (Phi) is 5.76. The summed E-state index contributed by atoms with van der Waals surface area (Å²) >= 11 is 5.88. The second kappa shape index (κ2) is 7.11. The summed E-state index contributed by atoms with van der Waals surface area (Å²) in [6.45, 7) is 2.46. The third kappa shape index (κ3) is 5.04. The molecule has 1 aromatic rings. The van der Waals surface area contributed by atoms with E-state index in [0.717, 1.165) is 5.69 Å². The number of hydrogen-bond donors (Lipinski definition) is 3. The zero-order valence-electron chi connectivity index (χ0n) is 9.90. The number of methoxy groups -OCH3 is 1. The van der Waals surface area contributed by atoms with Crippen LogP contribution < -0.4 is 16.6 Å². The minimum atomic E-state index is 0.0118. The Balaban J connectivity index is 2.69. The molecule has 5 nitrogen and oxygen atoms in total. The van der Waals surface area contributed by atoms with Gasteiger partial charge < -0.3 is 10.1 Å². The molecule has 17 heavy (non-hydrogen) atoms. The number of hydrogen-bond acceptors (Lipinski definition) is 3. The maximum Gasteiger partial charge on any atom is 0.210 e. The average Bonchev–Trinajstić information content (AvgIpc) is 2.28. The number of rotatable bonds is 4. The van der Waals surface area contributed by atoms with E-state index in [-0.39, 0.29) is 6.04 Å². The van der Waals surface area contributed by atoms with Crippen LogP contribution >= 0.6 is 11.6 Å². The average molecular weight is 257 g/mol. The van der Waals surface area contributed by atoms with Crippen molar-refractivity contribution in [1.82, 2.24) is 5.43 Å². The quantitative estimate of drug-likeness (QED) is 0.331. The molecule has 0 aliphatic rings. The van der Waals surface area contributed by atoms with E-state index >= 15 is 0 Å². The van der Waals surface area contributed by atoms with Crippen LogP contribution in [0.1, 0.15) is 6.92 Å². The van der Waals surface area contributed by atoms with E-state index in [1.165, 1.54) is 0 Å². The third-order valence-electron chi connectivity index (χ3n) is 1.98. The number of anilines is 1. The van der Waals surface area contributed by atoms with Crippen molar-refractivity contribution in [2.45, 2.75) is 13.0 Å². The number of aliphatic imine (C=N–C) groups is 1. The number of benzene rings is 1. The zero-order valence-corrected chi connectivity index (χ0v) is 10.7. The van der Waals surface area contributed by atoms with Crippen LogP contribution in [-0.4, -0.2) is 25.7 Å². The van der Waals surface area contributed by atoms with Gasteiger partial charge in [-0.05, 0) is 25.1 Å². The summed E-state index contributed by atoms with van der Waals surface area (Å²) < 4.78 is 4.99. The number of nitrogens with two attached hydrogens (primary N) is 1. The second-order valence-electron chi connectivity index (χ2n) is 3.56. The number of nitrogens with zero attached hydrogens (tertiary/aromatic N) is 1. The molecule has 0 amide bonds. The van der Waals surface area contributed by atoms with Crippen LogP contribution in [-0.2, 0) is 4.74 Å². The lowest BCUT2D eigenvalue weighted by Gasteiger charge is -2.12. The fraction of sp³-hybridized carbons (Fsp3) is 0.364. The molecule has 0 spiro atoms. The van der Waals surface area contributed by atoms with Crippen molar-refractivity contribution in [1.29, 1.82) is 0 Å². The van der Waals surface area contributed by atoms with Gasteiger partial charge in [0.05, 0.1) is 12.6 Å². The first kappa shape index (κ1) is 13.8. The van der Waals surface area contributed by atoms with Crippen LogP contribution in [0.3, 0.4) is 0 Å². The highest BCUT2D eigenvalue weighted by Crippen LogP contribution is 2.14. The van der Waals surface area contributed by atoms with Crippen molar-refractivity contribution in [3.05, 3.63) is 29.3 Å². The van der Waals surface area contributed by atoms with Crippen LogP contribution in [0.4, 0.5) is 5.69 Å². The molecule has 4 N–H and O–H groups in total. The van der Waals surface area contributed by atoms with E-state index < -0.39 is 0 Å². The summed E-state index contributed by atoms with van der Waals surface area (Å²) in [6.07, 6.45) is 0. The predicted octanol–water partition coefficient (Wildman–Crippen LogP) is 1.61. The number of halogens is 1. The van der Waals surface area contributed by atoms with Crippen molar-refractivity contribution in [2.24, 2.45) is 10.8 Å². The monoisotopic (exact) mass is 256 g/mol. The van der Waals surface area contributed by atoms with Gasteiger partial charge in [-0.15, -0.1) is 0 Å². The molecule has 0 aromatic heterocycles. The highest BCUT2D eigenvalue weighted by atomic mass is 35.5. The zero-order chi connectivity index (χ0) is 12.7. The highest BCUT2D eigenvalue weighted by molar-refractivity contribution is 6.30. The van der Waals surface area contributed by atoms with E-state index in [1.807, 2.05) is 19.1 Å². The molecule has 0 bridgehead atoms. The van der Waals surface area contributed by atoms with Crippen LogP contribution in [0.25, 0.3) is 0 Å². The lowest BCUT2D eigenvalue weighted by atomic mass is 10.3. The van der Waals surface area contributed by atoms with Crippen molar-refractivity contribution < 1.29 is 4.74 Å². The fourth-order valence-electron chi connectivity index (χ4n) is 1.31. The number of guanidine groups is 1. The second-order valence-corrected chi connectivity index (χ2v) is 4.00. The molecular weight excluding hydrogens is 240 g/mol. The van der Waals surface area contributed by atoms with Crippen molar-refractivity contribution in [3.63, 3.8) is 0 Å². The van der Waals surface area contributed by atoms with E-state index in [4.69, 9.17) is 22.2 Å². The Morgan fingerprint density at radius 2 is 2.35 bits per heavy atom. The summed E-state index contributed by atoms with van der Waals surface area (Å²) in [6, 6.07) is 7.32. The summed E-state index contributed by atoms with van der Waals surface area (Å²) in [5.74, 6) is 5.86. The van der Waals surface area contributed by atoms with Crippen LogP contribution in [0, 0.1) is 0 Å². The molecule has 6 heteroatoms. The molecule has 94 valence electrons. The molecule has 1 aromatic carbocycles. The van der Waals surface area contributed by atoms with Crippen molar-refractivity contribution >= 4 is 23.2 Å². The SMILES string of the molecule is COCC(C)N=C(NN)Nc1cccc(Cl)c1. The molecule has 0 radical (unpaired) electrons. The first-order valence-electron chi connectivity index (χ1n) is 5.21. The van der Waals surface area contributed by atoms with E-state index in [1.54, 1.807) is 19.2 Å². The van der Waals surface area contributed by atoms with Gasteiger partial charge in [0.15, 0.2) is 0 Å². The molecule has 0 heterocycles. The summed E-state index contributed by atoms with van der Waals surface area (Å²) in [4.78, 5) is 4.31. The molecule has 1 rings (SSSR count). The van der Waals surface area contributed by atoms with Gasteiger partial charge >= 0.3 is 0 Å². The van der Waals surface area contributed by atoms with Gasteiger partial charge in [-0.2, -0.15) is 0 Å². The first-order valence-corrected chi connectivity index (χ1v) is 5.59. The van der Waals surface area contributed by atoms with Crippen molar-refractivity contribution in [2.75, 3.05) is 19.0 Å².